The number of amides is 1. The number of nitrogens with one attached hydrogen (secondary N) is 1. The predicted octanol–water partition coefficient (Wildman–Crippen LogP) is 3.49. The zero-order valence-electron chi connectivity index (χ0n) is 15.4. The molecule has 0 saturated heterocycles. The van der Waals surface area contributed by atoms with Gasteiger partial charge in [-0.3, -0.25) is 0 Å². The van der Waals surface area contributed by atoms with Crippen molar-refractivity contribution < 1.29 is 29.3 Å². The second-order valence-electron chi connectivity index (χ2n) is 6.89. The Morgan fingerprint density at radius 1 is 1.00 bits per heavy atom. The molecule has 2 aromatic rings. The van der Waals surface area contributed by atoms with Gasteiger partial charge >= 0.3 is 12.1 Å². The highest BCUT2D eigenvalue weighted by Crippen LogP contribution is 2.26. The Morgan fingerprint density at radius 2 is 1.63 bits per heavy atom. The maximum absolute atomic E-state index is 11.9. The number of ether oxygens (including phenoxy) is 2. The van der Waals surface area contributed by atoms with Gasteiger partial charge in [0.1, 0.15) is 23.2 Å². The van der Waals surface area contributed by atoms with Crippen molar-refractivity contribution >= 4 is 12.1 Å². The molecule has 0 heterocycles. The highest BCUT2D eigenvalue weighted by atomic mass is 16.6. The molecule has 0 unspecified atom stereocenters. The van der Waals surface area contributed by atoms with Crippen molar-refractivity contribution in [1.29, 1.82) is 0 Å². The van der Waals surface area contributed by atoms with Crippen LogP contribution in [0.5, 0.6) is 11.5 Å². The SMILES string of the molecule is CC(C)(C)OC(=O)N[C@H](C(=O)O)[C@H](O)c1cccc(Oc2ccccc2)c1. The van der Waals surface area contributed by atoms with Crippen LogP contribution in [0.15, 0.2) is 54.6 Å². The van der Waals surface area contributed by atoms with Gasteiger partial charge in [-0.2, -0.15) is 0 Å². The first-order valence-corrected chi connectivity index (χ1v) is 8.39. The number of carboxylic acid groups (broad SMARTS) is 1. The molecular formula is C20H23NO6. The average Bonchev–Trinajstić information content (AvgIpc) is 2.58. The Hall–Kier alpha value is -3.06. The van der Waals surface area contributed by atoms with E-state index in [2.05, 4.69) is 5.32 Å². The fraction of sp³-hybridized carbons (Fsp3) is 0.300. The highest BCUT2D eigenvalue weighted by Gasteiger charge is 2.31. The minimum atomic E-state index is -1.58. The Bertz CT molecular complexity index is 785. The van der Waals surface area contributed by atoms with Gasteiger partial charge in [-0.1, -0.05) is 30.3 Å². The van der Waals surface area contributed by atoms with Crippen molar-refractivity contribution in [3.8, 4) is 11.5 Å². The number of aliphatic hydroxyl groups is 1. The third-order valence-electron chi connectivity index (χ3n) is 3.43. The van der Waals surface area contributed by atoms with Gasteiger partial charge in [-0.25, -0.2) is 9.59 Å². The topological polar surface area (TPSA) is 105 Å². The van der Waals surface area contributed by atoms with Crippen LogP contribution in [0.1, 0.15) is 32.4 Å². The molecule has 0 aromatic heterocycles. The fourth-order valence-corrected chi connectivity index (χ4v) is 2.29. The van der Waals surface area contributed by atoms with Crippen LogP contribution >= 0.6 is 0 Å². The molecule has 1 amide bonds. The van der Waals surface area contributed by atoms with Gasteiger partial charge in [0.15, 0.2) is 6.04 Å². The van der Waals surface area contributed by atoms with Crippen LogP contribution in [0.4, 0.5) is 4.79 Å². The minimum Gasteiger partial charge on any atom is -0.480 e. The Balaban J connectivity index is 2.15. The molecule has 7 heteroatoms. The predicted molar refractivity (Wildman–Crippen MR) is 98.7 cm³/mol. The van der Waals surface area contributed by atoms with Gasteiger partial charge in [-0.15, -0.1) is 0 Å². The number of hydrogen-bond donors (Lipinski definition) is 3. The minimum absolute atomic E-state index is 0.284. The zero-order chi connectivity index (χ0) is 20.0. The summed E-state index contributed by atoms with van der Waals surface area (Å²) in [6, 6.07) is 13.8. The summed E-state index contributed by atoms with van der Waals surface area (Å²) in [5.74, 6) is -0.354. The second kappa shape index (κ2) is 8.55. The zero-order valence-corrected chi connectivity index (χ0v) is 15.4. The van der Waals surface area contributed by atoms with Gasteiger partial charge < -0.3 is 25.0 Å². The van der Waals surface area contributed by atoms with Gasteiger partial charge in [0.2, 0.25) is 0 Å². The number of rotatable bonds is 6. The molecule has 0 radical (unpaired) electrons. The summed E-state index contributed by atoms with van der Waals surface area (Å²) < 4.78 is 10.7. The lowest BCUT2D eigenvalue weighted by Gasteiger charge is -2.24. The molecule has 2 rings (SSSR count). The Morgan fingerprint density at radius 3 is 2.22 bits per heavy atom. The Kier molecular flexibility index (Phi) is 6.41. The second-order valence-corrected chi connectivity index (χ2v) is 6.89. The molecule has 0 aliphatic rings. The fourth-order valence-electron chi connectivity index (χ4n) is 2.29. The van der Waals surface area contributed by atoms with Crippen LogP contribution in [0.2, 0.25) is 0 Å². The van der Waals surface area contributed by atoms with Gasteiger partial charge in [0.05, 0.1) is 0 Å². The van der Waals surface area contributed by atoms with E-state index in [1.54, 1.807) is 51.1 Å². The van der Waals surface area contributed by atoms with Gasteiger partial charge in [-0.05, 0) is 50.6 Å². The summed E-state index contributed by atoms with van der Waals surface area (Å²) in [5, 5.41) is 22.1. The molecule has 0 aliphatic carbocycles. The maximum Gasteiger partial charge on any atom is 0.408 e. The summed E-state index contributed by atoms with van der Waals surface area (Å²) in [7, 11) is 0. The van der Waals surface area contributed by atoms with Crippen LogP contribution < -0.4 is 10.1 Å². The van der Waals surface area contributed by atoms with Crippen LogP contribution in [0, 0.1) is 0 Å². The molecule has 2 aromatic carbocycles. The van der Waals surface area contributed by atoms with E-state index in [4.69, 9.17) is 9.47 Å². The number of carboxylic acids is 1. The van der Waals surface area contributed by atoms with Crippen LogP contribution in [0.25, 0.3) is 0 Å². The first-order valence-electron chi connectivity index (χ1n) is 8.39. The first kappa shape index (κ1) is 20.3. The van der Waals surface area contributed by atoms with Crippen LogP contribution in [0.3, 0.4) is 0 Å². The van der Waals surface area contributed by atoms with Crippen molar-refractivity contribution in [2.75, 3.05) is 0 Å². The van der Waals surface area contributed by atoms with Crippen molar-refractivity contribution in [2.45, 2.75) is 38.5 Å². The molecule has 0 spiro atoms. The molecule has 0 saturated carbocycles. The highest BCUT2D eigenvalue weighted by molar-refractivity contribution is 5.81. The smallest absolute Gasteiger partial charge is 0.408 e. The number of carbonyl (C=O) groups excluding carboxylic acids is 1. The summed E-state index contributed by atoms with van der Waals surface area (Å²) in [4.78, 5) is 23.4. The first-order chi connectivity index (χ1) is 12.7. The van der Waals surface area contributed by atoms with Crippen molar-refractivity contribution in [3.05, 3.63) is 60.2 Å². The number of aliphatic carboxylic acids is 1. The van der Waals surface area contributed by atoms with E-state index in [9.17, 15) is 19.8 Å². The van der Waals surface area contributed by atoms with E-state index in [1.165, 1.54) is 6.07 Å². The third-order valence-corrected chi connectivity index (χ3v) is 3.43. The third kappa shape index (κ3) is 6.31. The van der Waals surface area contributed by atoms with Crippen molar-refractivity contribution in [3.63, 3.8) is 0 Å². The molecule has 27 heavy (non-hydrogen) atoms. The molecule has 0 fully saturated rings. The normalized spacial score (nSPS) is 13.3. The van der Waals surface area contributed by atoms with Crippen LogP contribution in [-0.2, 0) is 9.53 Å². The molecule has 7 nitrogen and oxygen atoms in total. The summed E-state index contributed by atoms with van der Waals surface area (Å²) in [5.41, 5.74) is -0.506. The van der Waals surface area contributed by atoms with E-state index in [-0.39, 0.29) is 5.56 Å². The number of hydrogen-bond acceptors (Lipinski definition) is 5. The lowest BCUT2D eigenvalue weighted by molar-refractivity contribution is -0.142. The number of benzene rings is 2. The van der Waals surface area contributed by atoms with Gasteiger partial charge in [0.25, 0.3) is 0 Å². The average molecular weight is 373 g/mol. The summed E-state index contributed by atoms with van der Waals surface area (Å²) in [6.45, 7) is 4.97. The number of aliphatic hydroxyl groups excluding tert-OH is 1. The number of alkyl carbamates (subject to hydrolysis) is 1. The number of carbonyl (C=O) groups is 2. The largest absolute Gasteiger partial charge is 0.480 e. The monoisotopic (exact) mass is 373 g/mol. The molecule has 0 bridgehead atoms. The van der Waals surface area contributed by atoms with Crippen LogP contribution in [-0.4, -0.2) is 33.9 Å². The standard InChI is InChI=1S/C20H23NO6/c1-20(2,3)27-19(25)21-16(18(23)24)17(22)13-8-7-11-15(12-13)26-14-9-5-4-6-10-14/h4-12,16-17,22H,1-3H3,(H,21,25)(H,23,24)/t16-,17+/m0/s1. The molecule has 3 N–H and O–H groups in total. The molecule has 0 aliphatic heterocycles. The van der Waals surface area contributed by atoms with E-state index >= 15 is 0 Å². The number of para-hydroxylation sites is 1. The van der Waals surface area contributed by atoms with Gasteiger partial charge in [0, 0.05) is 0 Å². The maximum atomic E-state index is 11.9. The summed E-state index contributed by atoms with van der Waals surface area (Å²) >= 11 is 0. The van der Waals surface area contributed by atoms with Crippen molar-refractivity contribution in [2.24, 2.45) is 0 Å². The van der Waals surface area contributed by atoms with E-state index in [1.807, 2.05) is 18.2 Å². The Labute approximate surface area is 157 Å². The van der Waals surface area contributed by atoms with Crippen molar-refractivity contribution in [1.82, 2.24) is 5.32 Å². The quantitative estimate of drug-likeness (QED) is 0.716. The summed E-state index contributed by atoms with van der Waals surface area (Å²) in [6.07, 6.45) is -2.42. The van der Waals surface area contributed by atoms with E-state index in [0.717, 1.165) is 0 Å². The molecule has 144 valence electrons. The van der Waals surface area contributed by atoms with E-state index in [0.29, 0.717) is 11.5 Å². The molecular weight excluding hydrogens is 350 g/mol. The lowest BCUT2D eigenvalue weighted by atomic mass is 10.0. The molecule has 2 atom stereocenters. The lowest BCUT2D eigenvalue weighted by Crippen LogP contribution is -2.46. The van der Waals surface area contributed by atoms with E-state index < -0.39 is 29.8 Å².